The highest BCUT2D eigenvalue weighted by Crippen LogP contribution is 2.31. The quantitative estimate of drug-likeness (QED) is 0.563. The molecular formula is C20H22Cl2N2O6S. The second-order valence-corrected chi connectivity index (χ2v) is 9.13. The molecule has 0 spiro atoms. The van der Waals surface area contributed by atoms with Gasteiger partial charge in [-0.3, -0.25) is 9.10 Å². The minimum atomic E-state index is -3.85. The molecule has 2 aromatic carbocycles. The molecule has 0 aliphatic carbocycles. The van der Waals surface area contributed by atoms with Crippen molar-refractivity contribution in [3.05, 3.63) is 52.0 Å². The monoisotopic (exact) mass is 488 g/mol. The number of anilines is 2. The van der Waals surface area contributed by atoms with E-state index in [1.54, 1.807) is 6.92 Å². The minimum absolute atomic E-state index is 0.0795. The van der Waals surface area contributed by atoms with Crippen LogP contribution < -0.4 is 14.4 Å². The number of sulfonamides is 1. The summed E-state index contributed by atoms with van der Waals surface area (Å²) in [5.74, 6) is -0.902. The number of ether oxygens (including phenoxy) is 2. The van der Waals surface area contributed by atoms with Crippen molar-refractivity contribution in [1.29, 1.82) is 0 Å². The van der Waals surface area contributed by atoms with Crippen LogP contribution in [-0.4, -0.2) is 46.3 Å². The molecule has 2 rings (SSSR count). The van der Waals surface area contributed by atoms with Crippen molar-refractivity contribution in [3.63, 3.8) is 0 Å². The van der Waals surface area contributed by atoms with Gasteiger partial charge in [-0.05, 0) is 50.2 Å². The molecule has 31 heavy (non-hydrogen) atoms. The number of amides is 1. The Morgan fingerprint density at radius 1 is 1.13 bits per heavy atom. The van der Waals surface area contributed by atoms with E-state index in [1.165, 1.54) is 50.4 Å². The van der Waals surface area contributed by atoms with Gasteiger partial charge in [0, 0.05) is 5.69 Å². The Bertz CT molecular complexity index is 1090. The van der Waals surface area contributed by atoms with Gasteiger partial charge in [0.2, 0.25) is 15.9 Å². The van der Waals surface area contributed by atoms with Gasteiger partial charge in [0.05, 0.1) is 41.3 Å². The van der Waals surface area contributed by atoms with Crippen LogP contribution in [0.1, 0.15) is 24.2 Å². The van der Waals surface area contributed by atoms with E-state index in [4.69, 9.17) is 32.7 Å². The van der Waals surface area contributed by atoms with E-state index in [9.17, 15) is 18.0 Å². The van der Waals surface area contributed by atoms with Gasteiger partial charge in [-0.15, -0.1) is 0 Å². The maximum Gasteiger partial charge on any atom is 0.339 e. The standard InChI is InChI=1S/C20H22Cl2N2O6S/c1-5-30-20(26)15-10-13(6-8-16(15)21)23-19(25)12(2)24(31(4,27)28)14-7-9-18(29-3)17(22)11-14/h6-12H,5H2,1-4H3,(H,23,25)/t12-/m0/s1. The third-order valence-corrected chi connectivity index (χ3v) is 6.07. The minimum Gasteiger partial charge on any atom is -0.495 e. The highest BCUT2D eigenvalue weighted by molar-refractivity contribution is 7.92. The van der Waals surface area contributed by atoms with Crippen LogP contribution in [0.5, 0.6) is 5.75 Å². The van der Waals surface area contributed by atoms with Gasteiger partial charge in [0.25, 0.3) is 0 Å². The lowest BCUT2D eigenvalue weighted by atomic mass is 10.2. The number of carbonyl (C=O) groups is 2. The number of methoxy groups -OCH3 is 1. The first-order valence-corrected chi connectivity index (χ1v) is 11.7. The van der Waals surface area contributed by atoms with Crippen LogP contribution in [-0.2, 0) is 19.6 Å². The fourth-order valence-electron chi connectivity index (χ4n) is 2.82. The lowest BCUT2D eigenvalue weighted by Crippen LogP contribution is -2.45. The van der Waals surface area contributed by atoms with Crippen molar-refractivity contribution in [1.82, 2.24) is 0 Å². The van der Waals surface area contributed by atoms with Crippen LogP contribution >= 0.6 is 23.2 Å². The molecule has 11 heteroatoms. The predicted molar refractivity (Wildman–Crippen MR) is 121 cm³/mol. The summed E-state index contributed by atoms with van der Waals surface area (Å²) in [5, 5.41) is 2.95. The SMILES string of the molecule is CCOC(=O)c1cc(NC(=O)[C@H](C)N(c2ccc(OC)c(Cl)c2)S(C)(=O)=O)ccc1Cl. The van der Waals surface area contributed by atoms with Gasteiger partial charge in [0.1, 0.15) is 11.8 Å². The summed E-state index contributed by atoms with van der Waals surface area (Å²) in [6, 6.07) is 7.53. The lowest BCUT2D eigenvalue weighted by molar-refractivity contribution is -0.116. The number of benzene rings is 2. The maximum atomic E-state index is 12.8. The fourth-order valence-corrected chi connectivity index (χ4v) is 4.43. The summed E-state index contributed by atoms with van der Waals surface area (Å²) >= 11 is 12.2. The smallest absolute Gasteiger partial charge is 0.339 e. The molecule has 2 aromatic rings. The molecule has 8 nitrogen and oxygen atoms in total. The van der Waals surface area contributed by atoms with Crippen molar-refractivity contribution in [2.24, 2.45) is 0 Å². The van der Waals surface area contributed by atoms with E-state index >= 15 is 0 Å². The summed E-state index contributed by atoms with van der Waals surface area (Å²) in [6.07, 6.45) is 0.982. The number of nitrogens with one attached hydrogen (secondary N) is 1. The van der Waals surface area contributed by atoms with E-state index in [0.29, 0.717) is 5.75 Å². The molecule has 1 amide bonds. The van der Waals surface area contributed by atoms with Gasteiger partial charge in [-0.2, -0.15) is 0 Å². The van der Waals surface area contributed by atoms with Gasteiger partial charge >= 0.3 is 5.97 Å². The molecule has 0 saturated carbocycles. The Morgan fingerprint density at radius 3 is 2.35 bits per heavy atom. The van der Waals surface area contributed by atoms with E-state index in [-0.39, 0.29) is 33.6 Å². The van der Waals surface area contributed by atoms with Crippen LogP contribution in [0.4, 0.5) is 11.4 Å². The van der Waals surface area contributed by atoms with E-state index in [1.807, 2.05) is 0 Å². The van der Waals surface area contributed by atoms with Crippen LogP contribution in [0.15, 0.2) is 36.4 Å². The molecule has 0 aliphatic heterocycles. The number of esters is 1. The average molecular weight is 489 g/mol. The van der Waals surface area contributed by atoms with Crippen LogP contribution in [0, 0.1) is 0 Å². The van der Waals surface area contributed by atoms with Crippen LogP contribution in [0.2, 0.25) is 10.0 Å². The van der Waals surface area contributed by atoms with Crippen molar-refractivity contribution in [2.75, 3.05) is 29.6 Å². The third-order valence-electron chi connectivity index (χ3n) is 4.21. The van der Waals surface area contributed by atoms with E-state index in [2.05, 4.69) is 5.32 Å². The molecule has 0 bridgehead atoms. The largest absolute Gasteiger partial charge is 0.495 e. The normalized spacial score (nSPS) is 12.1. The first-order valence-electron chi connectivity index (χ1n) is 9.10. The molecule has 0 saturated heterocycles. The first kappa shape index (κ1) is 24.8. The Hall–Kier alpha value is -2.49. The van der Waals surface area contributed by atoms with Gasteiger partial charge in [-0.25, -0.2) is 13.2 Å². The van der Waals surface area contributed by atoms with Crippen molar-refractivity contribution < 1.29 is 27.5 Å². The molecule has 168 valence electrons. The lowest BCUT2D eigenvalue weighted by Gasteiger charge is -2.28. The predicted octanol–water partition coefficient (Wildman–Crippen LogP) is 3.97. The molecule has 0 fully saturated rings. The summed E-state index contributed by atoms with van der Waals surface area (Å²) in [5.41, 5.74) is 0.528. The third kappa shape index (κ3) is 6.03. The number of carbonyl (C=O) groups excluding carboxylic acids is 2. The second kappa shape index (κ2) is 10.2. The Labute approximate surface area is 191 Å². The van der Waals surface area contributed by atoms with Gasteiger partial charge in [-0.1, -0.05) is 23.2 Å². The summed E-state index contributed by atoms with van der Waals surface area (Å²) < 4.78 is 35.9. The topological polar surface area (TPSA) is 102 Å². The van der Waals surface area contributed by atoms with E-state index in [0.717, 1.165) is 10.6 Å². The zero-order chi connectivity index (χ0) is 23.3. The fraction of sp³-hybridized carbons (Fsp3) is 0.300. The zero-order valence-corrected chi connectivity index (χ0v) is 19.6. The van der Waals surface area contributed by atoms with Gasteiger partial charge < -0.3 is 14.8 Å². The summed E-state index contributed by atoms with van der Waals surface area (Å²) in [7, 11) is -2.42. The number of nitrogens with zero attached hydrogens (tertiary/aromatic N) is 1. The van der Waals surface area contributed by atoms with Crippen molar-refractivity contribution >= 4 is 56.5 Å². The first-order chi connectivity index (χ1) is 14.5. The molecule has 1 atom stereocenters. The second-order valence-electron chi connectivity index (χ2n) is 6.46. The molecule has 0 aromatic heterocycles. The highest BCUT2D eigenvalue weighted by Gasteiger charge is 2.30. The van der Waals surface area contributed by atoms with Crippen molar-refractivity contribution in [2.45, 2.75) is 19.9 Å². The molecule has 0 heterocycles. The molecule has 1 N–H and O–H groups in total. The highest BCUT2D eigenvalue weighted by atomic mass is 35.5. The van der Waals surface area contributed by atoms with E-state index < -0.39 is 27.9 Å². The molecular weight excluding hydrogens is 467 g/mol. The van der Waals surface area contributed by atoms with Crippen molar-refractivity contribution in [3.8, 4) is 5.75 Å². The van der Waals surface area contributed by atoms with Crippen LogP contribution in [0.25, 0.3) is 0 Å². The molecule has 0 radical (unpaired) electrons. The maximum absolute atomic E-state index is 12.8. The molecule has 0 unspecified atom stereocenters. The molecule has 0 aliphatic rings. The number of hydrogen-bond donors (Lipinski definition) is 1. The zero-order valence-electron chi connectivity index (χ0n) is 17.3. The Balaban J connectivity index is 2.34. The van der Waals surface area contributed by atoms with Crippen LogP contribution in [0.3, 0.4) is 0 Å². The summed E-state index contributed by atoms with van der Waals surface area (Å²) in [4.78, 5) is 24.9. The Kier molecular flexibility index (Phi) is 8.16. The summed E-state index contributed by atoms with van der Waals surface area (Å²) in [6.45, 7) is 3.25. The number of rotatable bonds is 8. The number of hydrogen-bond acceptors (Lipinski definition) is 6. The average Bonchev–Trinajstić information content (AvgIpc) is 2.68. The Morgan fingerprint density at radius 2 is 1.81 bits per heavy atom. The number of halogens is 2. The van der Waals surface area contributed by atoms with Gasteiger partial charge in [0.15, 0.2) is 0 Å².